The number of hydrogen-bond donors (Lipinski definition) is 0. The lowest BCUT2D eigenvalue weighted by Gasteiger charge is -2.08. The normalized spacial score (nSPS) is 11.8. The third kappa shape index (κ3) is 5.64. The van der Waals surface area contributed by atoms with Crippen molar-refractivity contribution in [1.82, 2.24) is 0 Å². The van der Waals surface area contributed by atoms with Crippen LogP contribution in [0, 0.1) is 0 Å². The molecule has 0 saturated heterocycles. The summed E-state index contributed by atoms with van der Waals surface area (Å²) in [4.78, 5) is 20.8. The summed E-state index contributed by atoms with van der Waals surface area (Å²) in [6, 6.07) is 26.7. The van der Waals surface area contributed by atoms with Gasteiger partial charge >= 0.3 is 5.97 Å². The summed E-state index contributed by atoms with van der Waals surface area (Å²) >= 11 is 0. The SMILES string of the molecule is CO/N=C(\C)C/C(=N/OC(C)=O)c1ccc(-c2ccc(-c3ccccc3)cc2)cc1. The van der Waals surface area contributed by atoms with E-state index in [0.29, 0.717) is 12.1 Å². The molecule has 3 aromatic carbocycles. The lowest BCUT2D eigenvalue weighted by Crippen LogP contribution is -2.09. The number of hydrogen-bond acceptors (Lipinski definition) is 5. The molecule has 152 valence electrons. The zero-order chi connectivity index (χ0) is 21.3. The van der Waals surface area contributed by atoms with E-state index in [2.05, 4.69) is 46.7 Å². The molecule has 0 atom stereocenters. The fraction of sp³-hybridized carbons (Fsp3) is 0.160. The summed E-state index contributed by atoms with van der Waals surface area (Å²) in [7, 11) is 1.49. The largest absolute Gasteiger partial charge is 0.399 e. The van der Waals surface area contributed by atoms with Gasteiger partial charge in [0.15, 0.2) is 0 Å². The molecule has 0 aliphatic carbocycles. The Morgan fingerprint density at radius 3 is 1.73 bits per heavy atom. The Morgan fingerprint density at radius 2 is 1.23 bits per heavy atom. The van der Waals surface area contributed by atoms with Crippen LogP contribution in [0.25, 0.3) is 22.3 Å². The third-order valence-corrected chi connectivity index (χ3v) is 4.50. The number of benzene rings is 3. The Balaban J connectivity index is 1.82. The second kappa shape index (κ2) is 10.2. The van der Waals surface area contributed by atoms with Crippen molar-refractivity contribution in [1.29, 1.82) is 0 Å². The summed E-state index contributed by atoms with van der Waals surface area (Å²) in [5.74, 6) is -0.469. The van der Waals surface area contributed by atoms with Gasteiger partial charge < -0.3 is 9.68 Å². The third-order valence-electron chi connectivity index (χ3n) is 4.50. The maximum atomic E-state index is 11.2. The van der Waals surface area contributed by atoms with Crippen molar-refractivity contribution in [2.24, 2.45) is 10.3 Å². The smallest absolute Gasteiger partial charge is 0.331 e. The lowest BCUT2D eigenvalue weighted by atomic mass is 9.98. The van der Waals surface area contributed by atoms with Gasteiger partial charge in [0.25, 0.3) is 0 Å². The zero-order valence-corrected chi connectivity index (χ0v) is 17.3. The van der Waals surface area contributed by atoms with Gasteiger partial charge in [0.1, 0.15) is 7.11 Å². The molecule has 0 N–H and O–H groups in total. The molecule has 5 heteroatoms. The van der Waals surface area contributed by atoms with E-state index in [0.717, 1.165) is 22.4 Å². The summed E-state index contributed by atoms with van der Waals surface area (Å²) in [5, 5.41) is 7.90. The van der Waals surface area contributed by atoms with Gasteiger partial charge in [-0.15, -0.1) is 0 Å². The fourth-order valence-corrected chi connectivity index (χ4v) is 3.08. The molecule has 0 radical (unpaired) electrons. The van der Waals surface area contributed by atoms with E-state index in [1.807, 2.05) is 49.4 Å². The molecular formula is C25H24N2O3. The van der Waals surface area contributed by atoms with Crippen molar-refractivity contribution < 1.29 is 14.5 Å². The first-order chi connectivity index (χ1) is 14.6. The standard InChI is InChI=1S/C25H24N2O3/c1-18(26-29-3)17-25(27-30-19(2)28)24-15-13-23(14-16-24)22-11-9-21(10-12-22)20-7-5-4-6-8-20/h4-16H,17H2,1-3H3/b26-18+,27-25-. The van der Waals surface area contributed by atoms with Crippen molar-refractivity contribution in [2.45, 2.75) is 20.3 Å². The Bertz CT molecular complexity index is 1040. The Kier molecular flexibility index (Phi) is 7.11. The van der Waals surface area contributed by atoms with E-state index < -0.39 is 5.97 Å². The van der Waals surface area contributed by atoms with Crippen molar-refractivity contribution in [3.8, 4) is 22.3 Å². The molecule has 0 unspecified atom stereocenters. The molecule has 0 bridgehead atoms. The van der Waals surface area contributed by atoms with Crippen LogP contribution in [0.5, 0.6) is 0 Å². The number of oxime groups is 2. The van der Waals surface area contributed by atoms with Crippen molar-refractivity contribution in [2.75, 3.05) is 7.11 Å². The van der Waals surface area contributed by atoms with Crippen molar-refractivity contribution in [3.05, 3.63) is 84.4 Å². The highest BCUT2D eigenvalue weighted by atomic mass is 16.7. The topological polar surface area (TPSA) is 60.3 Å². The van der Waals surface area contributed by atoms with Crippen LogP contribution in [0.2, 0.25) is 0 Å². The Labute approximate surface area is 176 Å². The summed E-state index contributed by atoms with van der Waals surface area (Å²) in [6.45, 7) is 3.15. The molecule has 3 aromatic rings. The summed E-state index contributed by atoms with van der Waals surface area (Å²) < 4.78 is 0. The molecule has 3 rings (SSSR count). The minimum absolute atomic E-state index is 0.409. The summed E-state index contributed by atoms with van der Waals surface area (Å²) in [5.41, 5.74) is 6.77. The van der Waals surface area contributed by atoms with E-state index in [4.69, 9.17) is 9.68 Å². The van der Waals surface area contributed by atoms with Gasteiger partial charge in [0.05, 0.1) is 11.4 Å². The van der Waals surface area contributed by atoms with Gasteiger partial charge in [-0.3, -0.25) is 0 Å². The van der Waals surface area contributed by atoms with E-state index >= 15 is 0 Å². The van der Waals surface area contributed by atoms with E-state index in [-0.39, 0.29) is 0 Å². The quantitative estimate of drug-likeness (QED) is 0.290. The fourth-order valence-electron chi connectivity index (χ4n) is 3.08. The first-order valence-corrected chi connectivity index (χ1v) is 9.64. The number of carbonyl (C=O) groups is 1. The number of carbonyl (C=O) groups excluding carboxylic acids is 1. The van der Waals surface area contributed by atoms with Crippen molar-refractivity contribution >= 4 is 17.4 Å². The van der Waals surface area contributed by atoms with Crippen LogP contribution >= 0.6 is 0 Å². The first kappa shape index (κ1) is 21.0. The van der Waals surface area contributed by atoms with Gasteiger partial charge in [-0.1, -0.05) is 89.2 Å². The van der Waals surface area contributed by atoms with Crippen LogP contribution in [-0.4, -0.2) is 24.5 Å². The second-order valence-electron chi connectivity index (χ2n) is 6.83. The van der Waals surface area contributed by atoms with Gasteiger partial charge in [-0.25, -0.2) is 4.79 Å². The molecule has 0 saturated carbocycles. The minimum Gasteiger partial charge on any atom is -0.399 e. The average molecular weight is 400 g/mol. The van der Waals surface area contributed by atoms with Gasteiger partial charge in [0, 0.05) is 13.3 Å². The second-order valence-corrected chi connectivity index (χ2v) is 6.83. The van der Waals surface area contributed by atoms with Crippen LogP contribution in [0.4, 0.5) is 0 Å². The van der Waals surface area contributed by atoms with Crippen LogP contribution in [-0.2, 0) is 14.5 Å². The Morgan fingerprint density at radius 1 is 0.733 bits per heavy atom. The maximum Gasteiger partial charge on any atom is 0.331 e. The maximum absolute atomic E-state index is 11.2. The Hall–Kier alpha value is -3.73. The van der Waals surface area contributed by atoms with Crippen LogP contribution in [0.1, 0.15) is 25.8 Å². The van der Waals surface area contributed by atoms with Gasteiger partial charge in [-0.2, -0.15) is 0 Å². The molecule has 0 fully saturated rings. The molecule has 0 amide bonds. The van der Waals surface area contributed by atoms with Crippen LogP contribution in [0.3, 0.4) is 0 Å². The highest BCUT2D eigenvalue weighted by Gasteiger charge is 2.09. The number of rotatable bonds is 7. The van der Waals surface area contributed by atoms with E-state index in [1.54, 1.807) is 0 Å². The lowest BCUT2D eigenvalue weighted by molar-refractivity contribution is -0.140. The molecular weight excluding hydrogens is 376 g/mol. The zero-order valence-electron chi connectivity index (χ0n) is 17.3. The van der Waals surface area contributed by atoms with Crippen LogP contribution < -0.4 is 0 Å². The van der Waals surface area contributed by atoms with E-state index in [9.17, 15) is 4.79 Å². The highest BCUT2D eigenvalue weighted by Crippen LogP contribution is 2.25. The predicted octanol–water partition coefficient (Wildman–Crippen LogP) is 5.70. The van der Waals surface area contributed by atoms with E-state index in [1.165, 1.54) is 25.2 Å². The highest BCUT2D eigenvalue weighted by molar-refractivity contribution is 6.11. The van der Waals surface area contributed by atoms with Gasteiger partial charge in [0.2, 0.25) is 0 Å². The number of nitrogens with zero attached hydrogens (tertiary/aromatic N) is 2. The van der Waals surface area contributed by atoms with Crippen molar-refractivity contribution in [3.63, 3.8) is 0 Å². The minimum atomic E-state index is -0.469. The molecule has 0 aromatic heterocycles. The molecule has 5 nitrogen and oxygen atoms in total. The van der Waals surface area contributed by atoms with Gasteiger partial charge in [-0.05, 0) is 34.7 Å². The predicted molar refractivity (Wildman–Crippen MR) is 120 cm³/mol. The monoisotopic (exact) mass is 400 g/mol. The first-order valence-electron chi connectivity index (χ1n) is 9.64. The average Bonchev–Trinajstić information content (AvgIpc) is 2.77. The molecule has 0 heterocycles. The molecule has 30 heavy (non-hydrogen) atoms. The molecule has 0 spiro atoms. The molecule has 0 aliphatic rings. The summed E-state index contributed by atoms with van der Waals surface area (Å²) in [6.07, 6.45) is 0.409. The molecule has 0 aliphatic heterocycles. The van der Waals surface area contributed by atoms with Crippen LogP contribution in [0.15, 0.2) is 89.2 Å².